The lowest BCUT2D eigenvalue weighted by molar-refractivity contribution is 0.627. The predicted molar refractivity (Wildman–Crippen MR) is 93.8 cm³/mol. The summed E-state index contributed by atoms with van der Waals surface area (Å²) in [5, 5.41) is 0.596. The Bertz CT molecular complexity index is 988. The molecular formula is C19H15ClFN3. The molecule has 120 valence electrons. The minimum absolute atomic E-state index is 0.300. The highest BCUT2D eigenvalue weighted by Crippen LogP contribution is 2.30. The fourth-order valence-electron chi connectivity index (χ4n) is 3.12. The van der Waals surface area contributed by atoms with Crippen molar-refractivity contribution in [2.45, 2.75) is 20.4 Å². The summed E-state index contributed by atoms with van der Waals surface area (Å²) >= 11 is 6.36. The van der Waals surface area contributed by atoms with Crippen LogP contribution in [0.2, 0.25) is 5.02 Å². The maximum absolute atomic E-state index is 14.0. The predicted octanol–water partition coefficient (Wildman–Crippen LogP) is 4.63. The number of aryl methyl sites for hydroxylation is 1. The number of halogens is 2. The molecule has 1 aliphatic rings. The van der Waals surface area contributed by atoms with Crippen molar-refractivity contribution in [2.75, 3.05) is 0 Å². The smallest absolute Gasteiger partial charge is 0.135 e. The van der Waals surface area contributed by atoms with Gasteiger partial charge in [-0.2, -0.15) is 0 Å². The number of benzene rings is 2. The Morgan fingerprint density at radius 2 is 1.88 bits per heavy atom. The summed E-state index contributed by atoms with van der Waals surface area (Å²) in [6.45, 7) is 4.41. The number of nitrogens with zero attached hydrogens (tertiary/aromatic N) is 3. The van der Waals surface area contributed by atoms with Crippen LogP contribution in [0.15, 0.2) is 47.5 Å². The van der Waals surface area contributed by atoms with Crippen molar-refractivity contribution >= 4 is 17.3 Å². The highest BCUT2D eigenvalue weighted by Gasteiger charge is 2.23. The van der Waals surface area contributed by atoms with Gasteiger partial charge in [0.2, 0.25) is 0 Å². The minimum atomic E-state index is -0.300. The Morgan fingerprint density at radius 1 is 1.08 bits per heavy atom. The van der Waals surface area contributed by atoms with Crippen LogP contribution in [0, 0.1) is 19.7 Å². The molecule has 0 N–H and O–H groups in total. The molecule has 0 bridgehead atoms. The van der Waals surface area contributed by atoms with E-state index in [1.807, 2.05) is 38.1 Å². The van der Waals surface area contributed by atoms with Crippen LogP contribution in [0.1, 0.15) is 28.3 Å². The highest BCUT2D eigenvalue weighted by atomic mass is 35.5. The molecule has 1 aliphatic heterocycles. The summed E-state index contributed by atoms with van der Waals surface area (Å²) in [6, 6.07) is 12.3. The topological polar surface area (TPSA) is 30.2 Å². The molecule has 0 unspecified atom stereocenters. The molecule has 0 amide bonds. The van der Waals surface area contributed by atoms with Crippen LogP contribution in [-0.2, 0) is 6.54 Å². The molecule has 0 saturated heterocycles. The van der Waals surface area contributed by atoms with Crippen molar-refractivity contribution in [3.05, 3.63) is 81.6 Å². The molecule has 1 aromatic heterocycles. The molecule has 2 aromatic carbocycles. The van der Waals surface area contributed by atoms with Crippen LogP contribution in [0.4, 0.5) is 4.39 Å². The maximum atomic E-state index is 14.0. The molecule has 0 aliphatic carbocycles. The summed E-state index contributed by atoms with van der Waals surface area (Å²) in [4.78, 5) is 9.33. The first-order valence-electron chi connectivity index (χ1n) is 7.70. The summed E-state index contributed by atoms with van der Waals surface area (Å²) in [7, 11) is 0. The van der Waals surface area contributed by atoms with Gasteiger partial charge in [0.1, 0.15) is 11.6 Å². The number of imidazole rings is 1. The summed E-state index contributed by atoms with van der Waals surface area (Å²) in [5.74, 6) is 0.548. The van der Waals surface area contributed by atoms with Gasteiger partial charge in [-0.15, -0.1) is 0 Å². The zero-order valence-electron chi connectivity index (χ0n) is 13.3. The van der Waals surface area contributed by atoms with Crippen LogP contribution in [0.25, 0.3) is 5.69 Å². The summed E-state index contributed by atoms with van der Waals surface area (Å²) in [5.41, 5.74) is 5.08. The molecule has 4 rings (SSSR count). The second kappa shape index (κ2) is 5.56. The zero-order valence-corrected chi connectivity index (χ0v) is 14.1. The van der Waals surface area contributed by atoms with Gasteiger partial charge in [0.25, 0.3) is 0 Å². The van der Waals surface area contributed by atoms with E-state index in [0.29, 0.717) is 17.3 Å². The standard InChI is InChI=1S/C19H15ClFN3/c1-11-12(2)24-17-8-7-13(21)9-15(17)19(22-10-18(24)23-11)14-5-3-4-6-16(14)20/h3-9H,10H2,1-2H3. The Balaban J connectivity index is 2.03. The van der Waals surface area contributed by atoms with Crippen molar-refractivity contribution in [2.24, 2.45) is 4.99 Å². The number of rotatable bonds is 1. The van der Waals surface area contributed by atoms with E-state index in [0.717, 1.165) is 34.0 Å². The molecule has 5 heteroatoms. The van der Waals surface area contributed by atoms with E-state index in [4.69, 9.17) is 16.6 Å². The van der Waals surface area contributed by atoms with Crippen molar-refractivity contribution in [1.29, 1.82) is 0 Å². The molecule has 0 radical (unpaired) electrons. The molecule has 0 atom stereocenters. The van der Waals surface area contributed by atoms with E-state index in [2.05, 4.69) is 9.55 Å². The Morgan fingerprint density at radius 3 is 2.67 bits per heavy atom. The van der Waals surface area contributed by atoms with Crippen LogP contribution in [-0.4, -0.2) is 15.3 Å². The lowest BCUT2D eigenvalue weighted by Gasteiger charge is -2.14. The number of aromatic nitrogens is 2. The third kappa shape index (κ3) is 2.26. The van der Waals surface area contributed by atoms with Crippen LogP contribution in [0.5, 0.6) is 0 Å². The first kappa shape index (κ1) is 15.1. The number of hydrogen-bond acceptors (Lipinski definition) is 2. The zero-order chi connectivity index (χ0) is 16.8. The van der Waals surface area contributed by atoms with E-state index in [9.17, 15) is 4.39 Å². The third-order valence-corrected chi connectivity index (χ3v) is 4.71. The Hall–Kier alpha value is -2.46. The number of fused-ring (bicyclic) bond motifs is 3. The monoisotopic (exact) mass is 339 g/mol. The van der Waals surface area contributed by atoms with E-state index < -0.39 is 0 Å². The van der Waals surface area contributed by atoms with Gasteiger partial charge in [0.05, 0.1) is 23.6 Å². The van der Waals surface area contributed by atoms with E-state index in [1.54, 1.807) is 6.07 Å². The number of hydrogen-bond donors (Lipinski definition) is 0. The quantitative estimate of drug-likeness (QED) is 0.635. The van der Waals surface area contributed by atoms with Gasteiger partial charge in [0, 0.05) is 21.8 Å². The van der Waals surface area contributed by atoms with Crippen molar-refractivity contribution in [3.8, 4) is 5.69 Å². The van der Waals surface area contributed by atoms with Gasteiger partial charge < -0.3 is 0 Å². The largest absolute Gasteiger partial charge is 0.298 e. The average molecular weight is 340 g/mol. The lowest BCUT2D eigenvalue weighted by atomic mass is 10.00. The maximum Gasteiger partial charge on any atom is 0.135 e. The first-order chi connectivity index (χ1) is 11.6. The first-order valence-corrected chi connectivity index (χ1v) is 8.08. The van der Waals surface area contributed by atoms with Crippen molar-refractivity contribution < 1.29 is 4.39 Å². The van der Waals surface area contributed by atoms with Gasteiger partial charge in [-0.25, -0.2) is 9.37 Å². The van der Waals surface area contributed by atoms with Crippen LogP contribution >= 0.6 is 11.6 Å². The molecule has 24 heavy (non-hydrogen) atoms. The van der Waals surface area contributed by atoms with Gasteiger partial charge in [-0.1, -0.05) is 29.8 Å². The fraction of sp³-hybridized carbons (Fsp3) is 0.158. The Labute approximate surface area is 144 Å². The van der Waals surface area contributed by atoms with Crippen molar-refractivity contribution in [3.63, 3.8) is 0 Å². The minimum Gasteiger partial charge on any atom is -0.298 e. The molecule has 3 nitrogen and oxygen atoms in total. The lowest BCUT2D eigenvalue weighted by Crippen LogP contribution is -2.09. The van der Waals surface area contributed by atoms with Crippen molar-refractivity contribution in [1.82, 2.24) is 9.55 Å². The SMILES string of the molecule is Cc1nc2n(c1C)-c1ccc(F)cc1C(c1ccccc1Cl)=NC2. The van der Waals surface area contributed by atoms with Gasteiger partial charge in [0.15, 0.2) is 0 Å². The van der Waals surface area contributed by atoms with Gasteiger partial charge in [-0.05, 0) is 38.1 Å². The van der Waals surface area contributed by atoms with Gasteiger partial charge >= 0.3 is 0 Å². The van der Waals surface area contributed by atoms with E-state index in [1.165, 1.54) is 12.1 Å². The van der Waals surface area contributed by atoms with E-state index >= 15 is 0 Å². The number of aliphatic imine (C=N–C) groups is 1. The fourth-order valence-corrected chi connectivity index (χ4v) is 3.34. The summed E-state index contributed by atoms with van der Waals surface area (Å²) < 4.78 is 16.0. The third-order valence-electron chi connectivity index (χ3n) is 4.38. The molecule has 2 heterocycles. The molecule has 0 saturated carbocycles. The van der Waals surface area contributed by atoms with Crippen LogP contribution < -0.4 is 0 Å². The molecule has 3 aromatic rings. The van der Waals surface area contributed by atoms with Gasteiger partial charge in [-0.3, -0.25) is 9.56 Å². The molecular weight excluding hydrogens is 325 g/mol. The highest BCUT2D eigenvalue weighted by molar-refractivity contribution is 6.35. The molecule has 0 spiro atoms. The average Bonchev–Trinajstić information content (AvgIpc) is 2.75. The molecule has 0 fully saturated rings. The Kier molecular flexibility index (Phi) is 3.50. The second-order valence-electron chi connectivity index (χ2n) is 5.84. The van der Waals surface area contributed by atoms with Crippen LogP contribution in [0.3, 0.4) is 0 Å². The summed E-state index contributed by atoms with van der Waals surface area (Å²) in [6.07, 6.45) is 0. The van der Waals surface area contributed by atoms with E-state index in [-0.39, 0.29) is 5.82 Å². The second-order valence-corrected chi connectivity index (χ2v) is 6.25. The normalized spacial score (nSPS) is 13.1.